The van der Waals surface area contributed by atoms with Gasteiger partial charge in [0, 0.05) is 5.92 Å². The van der Waals surface area contributed by atoms with E-state index in [4.69, 9.17) is 0 Å². The lowest BCUT2D eigenvalue weighted by atomic mass is 10.0. The van der Waals surface area contributed by atoms with E-state index < -0.39 is 0 Å². The van der Waals surface area contributed by atoms with E-state index in [0.717, 1.165) is 25.0 Å². The molecular formula is C10H12N4O2. The van der Waals surface area contributed by atoms with Gasteiger partial charge < -0.3 is 10.1 Å². The van der Waals surface area contributed by atoms with Gasteiger partial charge in [-0.3, -0.25) is 9.89 Å². The fourth-order valence-electron chi connectivity index (χ4n) is 2.40. The highest BCUT2D eigenvalue weighted by atomic mass is 16.3. The van der Waals surface area contributed by atoms with Gasteiger partial charge >= 0.3 is 0 Å². The van der Waals surface area contributed by atoms with E-state index in [9.17, 15) is 9.90 Å². The van der Waals surface area contributed by atoms with Gasteiger partial charge in [0.15, 0.2) is 5.52 Å². The minimum atomic E-state index is -0.357. The van der Waals surface area contributed by atoms with Crippen molar-refractivity contribution >= 4 is 11.0 Å². The first-order valence-electron chi connectivity index (χ1n) is 5.37. The molecule has 0 aliphatic heterocycles. The topological polar surface area (TPSA) is 94.7 Å². The zero-order chi connectivity index (χ0) is 11.1. The van der Waals surface area contributed by atoms with Gasteiger partial charge in [-0.15, -0.1) is 0 Å². The first kappa shape index (κ1) is 9.53. The summed E-state index contributed by atoms with van der Waals surface area (Å²) in [4.78, 5) is 18.0. The zero-order valence-corrected chi connectivity index (χ0v) is 8.60. The molecule has 1 saturated carbocycles. The van der Waals surface area contributed by atoms with Crippen molar-refractivity contribution in [2.45, 2.75) is 31.3 Å². The Balaban J connectivity index is 2.18. The van der Waals surface area contributed by atoms with Crippen LogP contribution in [0.25, 0.3) is 11.0 Å². The number of aliphatic hydroxyl groups is 1. The molecule has 2 aromatic rings. The molecule has 16 heavy (non-hydrogen) atoms. The molecule has 0 unspecified atom stereocenters. The molecule has 2 aromatic heterocycles. The van der Waals surface area contributed by atoms with Crippen LogP contribution in [0.5, 0.6) is 0 Å². The molecule has 0 amide bonds. The number of aromatic nitrogens is 4. The van der Waals surface area contributed by atoms with Crippen molar-refractivity contribution in [1.82, 2.24) is 20.2 Å². The molecule has 2 atom stereocenters. The Morgan fingerprint density at radius 3 is 3.00 bits per heavy atom. The van der Waals surface area contributed by atoms with Gasteiger partial charge in [0.2, 0.25) is 0 Å². The van der Waals surface area contributed by atoms with Crippen LogP contribution >= 0.6 is 0 Å². The third-order valence-electron chi connectivity index (χ3n) is 3.22. The van der Waals surface area contributed by atoms with E-state index in [2.05, 4.69) is 20.2 Å². The lowest BCUT2D eigenvalue weighted by Gasteiger charge is -2.11. The largest absolute Gasteiger partial charge is 0.392 e. The van der Waals surface area contributed by atoms with E-state index in [0.29, 0.717) is 11.0 Å². The second-order valence-corrected chi connectivity index (χ2v) is 4.17. The molecule has 3 rings (SSSR count). The van der Waals surface area contributed by atoms with Gasteiger partial charge in [-0.2, -0.15) is 5.10 Å². The number of rotatable bonds is 1. The molecule has 1 aliphatic carbocycles. The summed E-state index contributed by atoms with van der Waals surface area (Å²) in [6, 6.07) is 0. The summed E-state index contributed by atoms with van der Waals surface area (Å²) in [6.07, 6.45) is 3.71. The number of aromatic amines is 2. The van der Waals surface area contributed by atoms with E-state index in [1.807, 2.05) is 0 Å². The normalized spacial score (nSPS) is 25.3. The number of nitrogens with zero attached hydrogens (tertiary/aromatic N) is 2. The molecule has 2 heterocycles. The van der Waals surface area contributed by atoms with Crippen molar-refractivity contribution < 1.29 is 5.11 Å². The average Bonchev–Trinajstić information content (AvgIpc) is 2.84. The number of aliphatic hydroxyl groups excluding tert-OH is 1. The maximum Gasteiger partial charge on any atom is 0.279 e. The fourth-order valence-corrected chi connectivity index (χ4v) is 2.40. The van der Waals surface area contributed by atoms with Gasteiger partial charge in [-0.05, 0) is 12.8 Å². The summed E-state index contributed by atoms with van der Waals surface area (Å²) >= 11 is 0. The molecule has 1 aliphatic rings. The van der Waals surface area contributed by atoms with E-state index in [-0.39, 0.29) is 17.6 Å². The quantitative estimate of drug-likeness (QED) is 0.643. The molecule has 3 N–H and O–H groups in total. The van der Waals surface area contributed by atoms with Crippen LogP contribution in [-0.4, -0.2) is 31.4 Å². The van der Waals surface area contributed by atoms with Crippen molar-refractivity contribution in [3.05, 3.63) is 22.4 Å². The summed E-state index contributed by atoms with van der Waals surface area (Å²) in [5, 5.41) is 16.6. The Labute approximate surface area is 90.7 Å². The number of fused-ring (bicyclic) bond motifs is 1. The number of hydrogen-bond donors (Lipinski definition) is 3. The molecule has 0 bridgehead atoms. The third-order valence-corrected chi connectivity index (χ3v) is 3.22. The standard InChI is InChI=1S/C10H12N4O2/c15-6-3-1-2-5(6)7-8-9(14-13-7)10(16)12-4-11-8/h4-6,15H,1-3H2,(H,13,14)(H,11,12,16)/t5-,6-/m1/s1. The lowest BCUT2D eigenvalue weighted by molar-refractivity contribution is 0.162. The van der Waals surface area contributed by atoms with Gasteiger partial charge in [0.1, 0.15) is 5.52 Å². The number of nitrogens with one attached hydrogen (secondary N) is 2. The van der Waals surface area contributed by atoms with Crippen LogP contribution < -0.4 is 5.56 Å². The van der Waals surface area contributed by atoms with Gasteiger partial charge in [0.25, 0.3) is 5.56 Å². The van der Waals surface area contributed by atoms with Crippen molar-refractivity contribution in [3.63, 3.8) is 0 Å². The minimum absolute atomic E-state index is 0.0271. The average molecular weight is 220 g/mol. The lowest BCUT2D eigenvalue weighted by Crippen LogP contribution is -2.12. The Morgan fingerprint density at radius 2 is 2.25 bits per heavy atom. The molecule has 84 valence electrons. The van der Waals surface area contributed by atoms with Crippen LogP contribution in [0.1, 0.15) is 30.9 Å². The summed E-state index contributed by atoms with van der Waals surface area (Å²) in [6.45, 7) is 0. The molecule has 6 nitrogen and oxygen atoms in total. The molecule has 0 spiro atoms. The highest BCUT2D eigenvalue weighted by molar-refractivity contribution is 5.76. The van der Waals surface area contributed by atoms with E-state index in [1.54, 1.807) is 0 Å². The van der Waals surface area contributed by atoms with Crippen LogP contribution in [0.3, 0.4) is 0 Å². The Kier molecular flexibility index (Phi) is 2.03. The predicted octanol–water partition coefficient (Wildman–Crippen LogP) is 0.275. The fraction of sp³-hybridized carbons (Fsp3) is 0.500. The van der Waals surface area contributed by atoms with Gasteiger partial charge in [0.05, 0.1) is 18.1 Å². The minimum Gasteiger partial charge on any atom is -0.392 e. The summed E-state index contributed by atoms with van der Waals surface area (Å²) in [5.74, 6) is 0.0271. The van der Waals surface area contributed by atoms with Gasteiger partial charge in [-0.1, -0.05) is 6.42 Å². The first-order valence-corrected chi connectivity index (χ1v) is 5.37. The third kappa shape index (κ3) is 1.26. The van der Waals surface area contributed by atoms with Crippen molar-refractivity contribution in [3.8, 4) is 0 Å². The van der Waals surface area contributed by atoms with Gasteiger partial charge in [-0.25, -0.2) is 4.98 Å². The second kappa shape index (κ2) is 3.41. The summed E-state index contributed by atoms with van der Waals surface area (Å²) < 4.78 is 0. The van der Waals surface area contributed by atoms with E-state index in [1.165, 1.54) is 6.33 Å². The Morgan fingerprint density at radius 1 is 1.38 bits per heavy atom. The summed E-state index contributed by atoms with van der Waals surface area (Å²) in [5.41, 5.74) is 1.43. The molecule has 1 fully saturated rings. The van der Waals surface area contributed by atoms with E-state index >= 15 is 0 Å². The Hall–Kier alpha value is -1.69. The zero-order valence-electron chi connectivity index (χ0n) is 8.60. The second-order valence-electron chi connectivity index (χ2n) is 4.17. The Bertz CT molecular complexity index is 573. The highest BCUT2D eigenvalue weighted by Crippen LogP contribution is 2.35. The van der Waals surface area contributed by atoms with Crippen LogP contribution in [0.4, 0.5) is 0 Å². The molecule has 0 aromatic carbocycles. The van der Waals surface area contributed by atoms with Crippen LogP contribution in [-0.2, 0) is 0 Å². The number of hydrogen-bond acceptors (Lipinski definition) is 4. The molecule has 6 heteroatoms. The molecular weight excluding hydrogens is 208 g/mol. The van der Waals surface area contributed by atoms with Crippen molar-refractivity contribution in [1.29, 1.82) is 0 Å². The predicted molar refractivity (Wildman–Crippen MR) is 57.1 cm³/mol. The SMILES string of the molecule is O=c1[nH]cnc2c([C@@H]3CCC[C@H]3O)[nH]nc12. The maximum absolute atomic E-state index is 11.4. The number of H-pyrrole nitrogens is 2. The molecule has 0 radical (unpaired) electrons. The van der Waals surface area contributed by atoms with Crippen LogP contribution in [0, 0.1) is 0 Å². The smallest absolute Gasteiger partial charge is 0.279 e. The van der Waals surface area contributed by atoms with Crippen LogP contribution in [0.15, 0.2) is 11.1 Å². The van der Waals surface area contributed by atoms with Crippen molar-refractivity contribution in [2.24, 2.45) is 0 Å². The molecule has 0 saturated heterocycles. The van der Waals surface area contributed by atoms with Crippen molar-refractivity contribution in [2.75, 3.05) is 0 Å². The summed E-state index contributed by atoms with van der Waals surface area (Å²) in [7, 11) is 0. The first-order chi connectivity index (χ1) is 7.77. The maximum atomic E-state index is 11.4. The highest BCUT2D eigenvalue weighted by Gasteiger charge is 2.30. The monoisotopic (exact) mass is 220 g/mol. The van der Waals surface area contributed by atoms with Crippen LogP contribution in [0.2, 0.25) is 0 Å².